The lowest BCUT2D eigenvalue weighted by Gasteiger charge is -2.32. The molecule has 1 heterocycles. The molecule has 1 heteroatoms. The van der Waals surface area contributed by atoms with E-state index >= 15 is 0 Å². The van der Waals surface area contributed by atoms with E-state index in [0.29, 0.717) is 11.5 Å². The largest absolute Gasteiger partial charge is 0.373 e. The highest BCUT2D eigenvalue weighted by molar-refractivity contribution is 5.55. The molecular formula is C20H26O. The second-order valence-corrected chi connectivity index (χ2v) is 7.17. The maximum absolute atomic E-state index is 5.32. The van der Waals surface area contributed by atoms with E-state index in [4.69, 9.17) is 4.74 Å². The summed E-state index contributed by atoms with van der Waals surface area (Å²) < 4.78 is 5.32. The first-order valence-electron chi connectivity index (χ1n) is 8.13. The van der Waals surface area contributed by atoms with Gasteiger partial charge in [0.1, 0.15) is 0 Å². The maximum atomic E-state index is 5.32. The highest BCUT2D eigenvalue weighted by atomic mass is 16.6. The third-order valence-corrected chi connectivity index (χ3v) is 4.80. The normalized spacial score (nSPS) is 24.6. The van der Waals surface area contributed by atoms with Gasteiger partial charge in [-0.25, -0.2) is 0 Å². The van der Waals surface area contributed by atoms with Crippen LogP contribution in [0.2, 0.25) is 0 Å². The van der Waals surface area contributed by atoms with E-state index in [-0.39, 0.29) is 0 Å². The molecule has 0 spiro atoms. The molecule has 3 rings (SSSR count). The van der Waals surface area contributed by atoms with Gasteiger partial charge in [0.15, 0.2) is 0 Å². The molecule has 0 radical (unpaired) electrons. The van der Waals surface area contributed by atoms with Crippen molar-refractivity contribution in [2.75, 3.05) is 6.61 Å². The first-order valence-corrected chi connectivity index (χ1v) is 8.13. The average molecular weight is 282 g/mol. The first kappa shape index (κ1) is 14.6. The van der Waals surface area contributed by atoms with Crippen LogP contribution in [0.4, 0.5) is 0 Å². The molecule has 1 atom stereocenters. The smallest absolute Gasteiger partial charge is 0.0850 e. The Bertz CT molecular complexity index is 573. The Hall–Kier alpha value is -1.34. The number of rotatable bonds is 4. The summed E-state index contributed by atoms with van der Waals surface area (Å²) in [6, 6.07) is 8.85. The van der Waals surface area contributed by atoms with Gasteiger partial charge in [0, 0.05) is 6.42 Å². The number of allylic oxidation sites excluding steroid dienone is 3. The number of benzene rings is 1. The van der Waals surface area contributed by atoms with E-state index in [2.05, 4.69) is 57.2 Å². The summed E-state index contributed by atoms with van der Waals surface area (Å²) in [4.78, 5) is 0. The van der Waals surface area contributed by atoms with Crippen LogP contribution in [0.5, 0.6) is 0 Å². The van der Waals surface area contributed by atoms with Crippen molar-refractivity contribution < 1.29 is 4.74 Å². The zero-order chi connectivity index (χ0) is 14.9. The first-order chi connectivity index (χ1) is 10.0. The fraction of sp³-hybridized carbons (Fsp3) is 0.500. The predicted molar refractivity (Wildman–Crippen MR) is 89.3 cm³/mol. The molecule has 21 heavy (non-hydrogen) atoms. The molecule has 112 valence electrons. The topological polar surface area (TPSA) is 12.5 Å². The van der Waals surface area contributed by atoms with E-state index in [1.807, 2.05) is 0 Å². The minimum absolute atomic E-state index is 0.318. The van der Waals surface area contributed by atoms with Crippen LogP contribution < -0.4 is 0 Å². The van der Waals surface area contributed by atoms with E-state index < -0.39 is 0 Å². The predicted octanol–water partition coefficient (Wildman–Crippen LogP) is 5.17. The van der Waals surface area contributed by atoms with Gasteiger partial charge in [-0.15, -0.1) is 0 Å². The van der Waals surface area contributed by atoms with Crippen molar-refractivity contribution >= 4 is 6.08 Å². The fourth-order valence-corrected chi connectivity index (χ4v) is 3.46. The van der Waals surface area contributed by atoms with Crippen LogP contribution in [-0.4, -0.2) is 12.7 Å². The van der Waals surface area contributed by atoms with Crippen molar-refractivity contribution in [3.8, 4) is 0 Å². The zero-order valence-electron chi connectivity index (χ0n) is 13.5. The SMILES string of the molecule is CC1=C(/C=C/c2cccc(CC3CO3)c2)C(C)(C)CCC1. The maximum Gasteiger partial charge on any atom is 0.0850 e. The molecule has 1 aliphatic heterocycles. The van der Waals surface area contributed by atoms with Gasteiger partial charge in [0.05, 0.1) is 12.7 Å². The molecule has 1 unspecified atom stereocenters. The van der Waals surface area contributed by atoms with Crippen molar-refractivity contribution in [3.05, 3.63) is 52.6 Å². The lowest BCUT2D eigenvalue weighted by molar-refractivity contribution is 0.377. The van der Waals surface area contributed by atoms with Gasteiger partial charge < -0.3 is 4.74 Å². The van der Waals surface area contributed by atoms with Crippen molar-refractivity contribution in [2.24, 2.45) is 5.41 Å². The number of hydrogen-bond acceptors (Lipinski definition) is 1. The van der Waals surface area contributed by atoms with Gasteiger partial charge in [0.2, 0.25) is 0 Å². The molecule has 0 saturated carbocycles. The molecular weight excluding hydrogens is 256 g/mol. The van der Waals surface area contributed by atoms with Gasteiger partial charge in [0.25, 0.3) is 0 Å². The molecule has 1 fully saturated rings. The third-order valence-electron chi connectivity index (χ3n) is 4.80. The minimum Gasteiger partial charge on any atom is -0.373 e. The quantitative estimate of drug-likeness (QED) is 0.694. The van der Waals surface area contributed by atoms with Crippen molar-refractivity contribution in [1.29, 1.82) is 0 Å². The fourth-order valence-electron chi connectivity index (χ4n) is 3.46. The Morgan fingerprint density at radius 2 is 2.10 bits per heavy atom. The number of epoxide rings is 1. The summed E-state index contributed by atoms with van der Waals surface area (Å²) in [7, 11) is 0. The van der Waals surface area contributed by atoms with Crippen molar-refractivity contribution in [2.45, 2.75) is 52.6 Å². The van der Waals surface area contributed by atoms with Gasteiger partial charge in [-0.3, -0.25) is 0 Å². The van der Waals surface area contributed by atoms with Crippen molar-refractivity contribution in [1.82, 2.24) is 0 Å². The monoisotopic (exact) mass is 282 g/mol. The van der Waals surface area contributed by atoms with Crippen LogP contribution in [0, 0.1) is 5.41 Å². The second kappa shape index (κ2) is 5.81. The molecule has 0 bridgehead atoms. The Balaban J connectivity index is 1.78. The molecule has 1 aliphatic carbocycles. The lowest BCUT2D eigenvalue weighted by Crippen LogP contribution is -2.18. The molecule has 1 aromatic rings. The number of ether oxygens (including phenoxy) is 1. The third kappa shape index (κ3) is 3.65. The lowest BCUT2D eigenvalue weighted by atomic mass is 9.72. The van der Waals surface area contributed by atoms with Gasteiger partial charge in [-0.05, 0) is 48.3 Å². The summed E-state index contributed by atoms with van der Waals surface area (Å²) in [5, 5.41) is 0. The van der Waals surface area contributed by atoms with Crippen molar-refractivity contribution in [3.63, 3.8) is 0 Å². The Labute approximate surface area is 128 Å². The number of hydrogen-bond donors (Lipinski definition) is 0. The van der Waals surface area contributed by atoms with Gasteiger partial charge >= 0.3 is 0 Å². The molecule has 1 nitrogen and oxygen atoms in total. The van der Waals surface area contributed by atoms with E-state index in [1.165, 1.54) is 36.0 Å². The summed E-state index contributed by atoms with van der Waals surface area (Å²) in [5.74, 6) is 0. The van der Waals surface area contributed by atoms with Gasteiger partial charge in [-0.2, -0.15) is 0 Å². The summed E-state index contributed by atoms with van der Waals surface area (Å²) in [6.45, 7) is 7.97. The minimum atomic E-state index is 0.318. The standard InChI is InChI=1S/C20H26O/c1-15-6-5-11-20(2,3)19(15)10-9-16-7-4-8-17(12-16)13-18-14-21-18/h4,7-10,12,18H,5-6,11,13-14H2,1-3H3/b10-9+. The molecule has 0 amide bonds. The summed E-state index contributed by atoms with van der Waals surface area (Å²) >= 11 is 0. The molecule has 0 aromatic heterocycles. The molecule has 2 aliphatic rings. The summed E-state index contributed by atoms with van der Waals surface area (Å²) in [6.07, 6.45) is 10.0. The van der Waals surface area contributed by atoms with Crippen LogP contribution >= 0.6 is 0 Å². The molecule has 0 N–H and O–H groups in total. The van der Waals surface area contributed by atoms with E-state index in [1.54, 1.807) is 5.57 Å². The highest BCUT2D eigenvalue weighted by Crippen LogP contribution is 2.40. The van der Waals surface area contributed by atoms with Crippen LogP contribution in [0.3, 0.4) is 0 Å². The van der Waals surface area contributed by atoms with E-state index in [0.717, 1.165) is 13.0 Å². The van der Waals surface area contributed by atoms with E-state index in [9.17, 15) is 0 Å². The second-order valence-electron chi connectivity index (χ2n) is 7.17. The van der Waals surface area contributed by atoms with Crippen LogP contribution in [0.15, 0.2) is 41.5 Å². The van der Waals surface area contributed by atoms with Crippen LogP contribution in [0.1, 0.15) is 51.2 Å². The zero-order valence-corrected chi connectivity index (χ0v) is 13.5. The Morgan fingerprint density at radius 1 is 1.29 bits per heavy atom. The highest BCUT2D eigenvalue weighted by Gasteiger charge is 2.26. The molecule has 1 saturated heterocycles. The Kier molecular flexibility index (Phi) is 4.03. The average Bonchev–Trinajstić information content (AvgIpc) is 3.22. The van der Waals surface area contributed by atoms with Gasteiger partial charge in [-0.1, -0.05) is 55.8 Å². The Morgan fingerprint density at radius 3 is 2.81 bits per heavy atom. The van der Waals surface area contributed by atoms with Crippen LogP contribution in [0.25, 0.3) is 6.08 Å². The molecule has 1 aromatic carbocycles. The summed E-state index contributed by atoms with van der Waals surface area (Å²) in [5.41, 5.74) is 6.09. The van der Waals surface area contributed by atoms with Crippen LogP contribution in [-0.2, 0) is 11.2 Å².